The Balaban J connectivity index is 2.89. The van der Waals surface area contributed by atoms with Crippen molar-refractivity contribution in [2.45, 2.75) is 32.0 Å². The summed E-state index contributed by atoms with van der Waals surface area (Å²) in [4.78, 5) is 0. The molecule has 1 aromatic carbocycles. The maximum atomic E-state index is 12.7. The van der Waals surface area contributed by atoms with E-state index in [-0.39, 0.29) is 11.7 Å². The van der Waals surface area contributed by atoms with Gasteiger partial charge in [-0.05, 0) is 24.6 Å². The van der Waals surface area contributed by atoms with Crippen LogP contribution in [0.15, 0.2) is 18.2 Å². The van der Waals surface area contributed by atoms with Gasteiger partial charge in [-0.2, -0.15) is 13.2 Å². The molecule has 3 nitrogen and oxygen atoms in total. The van der Waals surface area contributed by atoms with Crippen molar-refractivity contribution in [3.05, 3.63) is 23.8 Å². The normalized spacial score (nSPS) is 13.3. The van der Waals surface area contributed by atoms with E-state index in [4.69, 9.17) is 10.5 Å². The third kappa shape index (κ3) is 4.63. The van der Waals surface area contributed by atoms with Gasteiger partial charge in [0.1, 0.15) is 0 Å². The first-order chi connectivity index (χ1) is 8.88. The Hall–Kier alpha value is -1.43. The molecule has 0 aliphatic carbocycles. The van der Waals surface area contributed by atoms with Crippen molar-refractivity contribution in [2.75, 3.05) is 24.8 Å². The fourth-order valence-electron chi connectivity index (χ4n) is 1.87. The van der Waals surface area contributed by atoms with E-state index >= 15 is 0 Å². The lowest BCUT2D eigenvalue weighted by Gasteiger charge is -2.20. The Bertz CT molecular complexity index is 401. The molecule has 0 radical (unpaired) electrons. The second kappa shape index (κ2) is 6.65. The molecular weight excluding hydrogens is 257 g/mol. The minimum atomic E-state index is -4.44. The summed E-state index contributed by atoms with van der Waals surface area (Å²) in [7, 11) is 1.56. The minimum absolute atomic E-state index is 0.0142. The van der Waals surface area contributed by atoms with Crippen molar-refractivity contribution < 1.29 is 17.9 Å². The average molecular weight is 276 g/mol. The van der Waals surface area contributed by atoms with Crippen LogP contribution in [0.3, 0.4) is 0 Å². The molecular formula is C13H19F3N2O. The van der Waals surface area contributed by atoms with Gasteiger partial charge in [-0.15, -0.1) is 0 Å². The molecule has 0 spiro atoms. The largest absolute Gasteiger partial charge is 0.418 e. The van der Waals surface area contributed by atoms with Crippen molar-refractivity contribution in [2.24, 2.45) is 0 Å². The molecule has 0 aliphatic rings. The van der Waals surface area contributed by atoms with E-state index in [2.05, 4.69) is 5.32 Å². The quantitative estimate of drug-likeness (QED) is 0.782. The van der Waals surface area contributed by atoms with Crippen LogP contribution in [0.4, 0.5) is 24.5 Å². The van der Waals surface area contributed by atoms with E-state index in [1.807, 2.05) is 6.92 Å². The maximum absolute atomic E-state index is 12.7. The highest BCUT2D eigenvalue weighted by molar-refractivity contribution is 5.58. The zero-order valence-electron chi connectivity index (χ0n) is 11.1. The van der Waals surface area contributed by atoms with E-state index in [9.17, 15) is 13.2 Å². The van der Waals surface area contributed by atoms with Crippen molar-refractivity contribution in [3.63, 3.8) is 0 Å². The summed E-state index contributed by atoms with van der Waals surface area (Å²) in [5.74, 6) is 0. The predicted octanol–water partition coefficient (Wildman–Crippen LogP) is 3.51. The van der Waals surface area contributed by atoms with Gasteiger partial charge in [-0.1, -0.05) is 13.3 Å². The summed E-state index contributed by atoms with van der Waals surface area (Å²) >= 11 is 0. The molecule has 0 bridgehead atoms. The molecule has 0 heterocycles. The molecule has 0 amide bonds. The van der Waals surface area contributed by atoms with Gasteiger partial charge in [-0.25, -0.2) is 0 Å². The van der Waals surface area contributed by atoms with Gasteiger partial charge in [0, 0.05) is 24.5 Å². The number of rotatable bonds is 6. The van der Waals surface area contributed by atoms with Gasteiger partial charge < -0.3 is 15.8 Å². The fourth-order valence-corrected chi connectivity index (χ4v) is 1.87. The summed E-state index contributed by atoms with van der Waals surface area (Å²) < 4.78 is 43.2. The second-order valence-electron chi connectivity index (χ2n) is 4.39. The molecule has 0 fully saturated rings. The maximum Gasteiger partial charge on any atom is 0.418 e. The van der Waals surface area contributed by atoms with E-state index in [0.29, 0.717) is 12.3 Å². The molecule has 3 N–H and O–H groups in total. The summed E-state index contributed by atoms with van der Waals surface area (Å²) in [6, 6.07) is 3.83. The monoisotopic (exact) mass is 276 g/mol. The van der Waals surface area contributed by atoms with Crippen molar-refractivity contribution in [1.29, 1.82) is 0 Å². The number of nitrogen functional groups attached to an aromatic ring is 1. The molecule has 1 rings (SSSR count). The number of halogens is 3. The standard InChI is InChI=1S/C13H19F3N2O/c1-3-4-10(8-19-2)18-9-5-6-12(17)11(7-9)13(14,15)16/h5-7,10,18H,3-4,8,17H2,1-2H3. The predicted molar refractivity (Wildman–Crippen MR) is 70.1 cm³/mol. The summed E-state index contributed by atoms with van der Waals surface area (Å²) in [6.45, 7) is 2.45. The van der Waals surface area contributed by atoms with E-state index < -0.39 is 11.7 Å². The Kier molecular flexibility index (Phi) is 5.47. The minimum Gasteiger partial charge on any atom is -0.398 e. The lowest BCUT2D eigenvalue weighted by atomic mass is 10.1. The topological polar surface area (TPSA) is 47.3 Å². The Morgan fingerprint density at radius 1 is 1.37 bits per heavy atom. The van der Waals surface area contributed by atoms with Gasteiger partial charge in [0.15, 0.2) is 0 Å². The van der Waals surface area contributed by atoms with Crippen LogP contribution in [0, 0.1) is 0 Å². The highest BCUT2D eigenvalue weighted by atomic mass is 19.4. The van der Waals surface area contributed by atoms with Crippen LogP contribution in [0.5, 0.6) is 0 Å². The molecule has 1 aromatic rings. The lowest BCUT2D eigenvalue weighted by molar-refractivity contribution is -0.136. The summed E-state index contributed by atoms with van der Waals surface area (Å²) in [5, 5.41) is 3.04. The number of anilines is 2. The molecule has 0 aliphatic heterocycles. The first kappa shape index (κ1) is 15.6. The SMILES string of the molecule is CCCC(COC)Nc1ccc(N)c(C(F)(F)F)c1. The van der Waals surface area contributed by atoms with Gasteiger partial charge in [0.2, 0.25) is 0 Å². The highest BCUT2D eigenvalue weighted by Gasteiger charge is 2.33. The number of alkyl halides is 3. The van der Waals surface area contributed by atoms with Crippen molar-refractivity contribution in [3.8, 4) is 0 Å². The van der Waals surface area contributed by atoms with Crippen molar-refractivity contribution >= 4 is 11.4 Å². The molecule has 0 saturated heterocycles. The van der Waals surface area contributed by atoms with Crippen LogP contribution >= 0.6 is 0 Å². The molecule has 0 saturated carbocycles. The smallest absolute Gasteiger partial charge is 0.398 e. The zero-order chi connectivity index (χ0) is 14.5. The molecule has 1 unspecified atom stereocenters. The molecule has 1 atom stereocenters. The van der Waals surface area contributed by atoms with Gasteiger partial charge in [-0.3, -0.25) is 0 Å². The number of ether oxygens (including phenoxy) is 1. The third-order valence-corrected chi connectivity index (χ3v) is 2.73. The van der Waals surface area contributed by atoms with Crippen LogP contribution in [-0.2, 0) is 10.9 Å². The van der Waals surface area contributed by atoms with E-state index in [1.165, 1.54) is 6.07 Å². The number of hydrogen-bond acceptors (Lipinski definition) is 3. The number of benzene rings is 1. The molecule has 19 heavy (non-hydrogen) atoms. The van der Waals surface area contributed by atoms with Gasteiger partial charge >= 0.3 is 6.18 Å². The number of nitrogens with one attached hydrogen (secondary N) is 1. The third-order valence-electron chi connectivity index (χ3n) is 2.73. The molecule has 0 aromatic heterocycles. The Morgan fingerprint density at radius 3 is 2.58 bits per heavy atom. The Morgan fingerprint density at radius 2 is 2.05 bits per heavy atom. The van der Waals surface area contributed by atoms with Crippen LogP contribution in [0.25, 0.3) is 0 Å². The highest BCUT2D eigenvalue weighted by Crippen LogP contribution is 2.35. The summed E-state index contributed by atoms with van der Waals surface area (Å²) in [6.07, 6.45) is -2.70. The van der Waals surface area contributed by atoms with E-state index in [1.54, 1.807) is 13.2 Å². The van der Waals surface area contributed by atoms with Crippen LogP contribution in [-0.4, -0.2) is 19.8 Å². The second-order valence-corrected chi connectivity index (χ2v) is 4.39. The fraction of sp³-hybridized carbons (Fsp3) is 0.538. The molecule has 108 valence electrons. The van der Waals surface area contributed by atoms with Crippen LogP contribution in [0.2, 0.25) is 0 Å². The molecule has 6 heteroatoms. The average Bonchev–Trinajstić information content (AvgIpc) is 2.31. The number of nitrogens with two attached hydrogens (primary N) is 1. The number of methoxy groups -OCH3 is 1. The first-order valence-electron chi connectivity index (χ1n) is 6.10. The van der Waals surface area contributed by atoms with Gasteiger partial charge in [0.25, 0.3) is 0 Å². The van der Waals surface area contributed by atoms with E-state index in [0.717, 1.165) is 18.9 Å². The zero-order valence-corrected chi connectivity index (χ0v) is 11.1. The van der Waals surface area contributed by atoms with Crippen molar-refractivity contribution in [1.82, 2.24) is 0 Å². The first-order valence-corrected chi connectivity index (χ1v) is 6.10. The summed E-state index contributed by atoms with van der Waals surface area (Å²) in [5.41, 5.74) is 4.67. The number of hydrogen-bond donors (Lipinski definition) is 2. The van der Waals surface area contributed by atoms with Crippen LogP contribution in [0.1, 0.15) is 25.3 Å². The van der Waals surface area contributed by atoms with Gasteiger partial charge in [0.05, 0.1) is 12.2 Å². The lowest BCUT2D eigenvalue weighted by Crippen LogP contribution is -2.25. The van der Waals surface area contributed by atoms with Crippen LogP contribution < -0.4 is 11.1 Å². The Labute approximate surface area is 110 Å².